The van der Waals surface area contributed by atoms with Crippen LogP contribution in [-0.2, 0) is 70.4 Å². The Morgan fingerprint density at radius 3 is 1.49 bits per heavy atom. The first-order chi connectivity index (χ1) is 44.1. The van der Waals surface area contributed by atoms with Crippen LogP contribution in [0.5, 0.6) is 0 Å². The number of aliphatic hydroxyl groups excluding tert-OH is 1. The molecular weight excluding hydrogens is 1200 g/mol. The third-order valence-electron chi connectivity index (χ3n) is 18.5. The van der Waals surface area contributed by atoms with Gasteiger partial charge in [0.1, 0.15) is 59.9 Å². The van der Waals surface area contributed by atoms with E-state index >= 15 is 14.4 Å². The summed E-state index contributed by atoms with van der Waals surface area (Å²) >= 11 is 0. The first kappa shape index (κ1) is 78.9. The fourth-order valence-electron chi connectivity index (χ4n) is 12.7. The van der Waals surface area contributed by atoms with E-state index in [1.807, 2.05) is 54.5 Å². The standard InChI is InChI=1S/C71H110N10O13/c1-18-46(8)62-64(87)74-61(49(11)82)71(94)75(12)42-60(85)73-54(67(90)81-32-26-21-27-33-81)41-53(83)37-47(9)59(84)40-52(34-43(2)3)66(89)78(15)56(35-44(4)5)68(91)76(13)55(38-50-28-22-19-23-29-50)63(86)72-48(10)65(88)77(14)58(39-51-30-24-20-25-31-51)69(92)79(16)57(36-45(6)7)70(93)80(62)17/h19-20,22-25,28-31,43-49,52,54-58,61-62,82H,18,21,26-27,32-42H2,1-17H3,(H,72,86)(H,73,85)(H,74,87)/t46-,47-,48-,49+,52+,54-,55-,56-,57-,58-,61-,62-/m0/s1. The van der Waals surface area contributed by atoms with Gasteiger partial charge in [-0.1, -0.05) is 129 Å². The van der Waals surface area contributed by atoms with Crippen LogP contribution in [0.1, 0.15) is 151 Å². The van der Waals surface area contributed by atoms with Gasteiger partial charge in [0, 0.05) is 99.3 Å². The molecule has 0 aromatic heterocycles. The number of nitrogens with zero attached hydrogens (tertiary/aromatic N) is 7. The molecule has 23 heteroatoms. The van der Waals surface area contributed by atoms with Crippen molar-refractivity contribution in [2.24, 2.45) is 35.5 Å². The normalized spacial score (nSPS) is 26.2. The number of amides is 10. The molecule has 0 radical (unpaired) electrons. The minimum absolute atomic E-state index is 0.00583. The smallest absolute Gasteiger partial charge is 0.248 e. The van der Waals surface area contributed by atoms with E-state index in [4.69, 9.17) is 0 Å². The predicted molar refractivity (Wildman–Crippen MR) is 359 cm³/mol. The van der Waals surface area contributed by atoms with Crippen LogP contribution in [0.2, 0.25) is 0 Å². The summed E-state index contributed by atoms with van der Waals surface area (Å²) in [5, 5.41) is 19.3. The van der Waals surface area contributed by atoms with Gasteiger partial charge in [0.2, 0.25) is 59.1 Å². The third-order valence-corrected chi connectivity index (χ3v) is 18.5. The van der Waals surface area contributed by atoms with E-state index in [1.165, 1.54) is 80.6 Å². The Bertz CT molecular complexity index is 2920. The van der Waals surface area contributed by atoms with Crippen molar-refractivity contribution in [1.29, 1.82) is 0 Å². The molecular formula is C71H110N10O13. The van der Waals surface area contributed by atoms with Crippen molar-refractivity contribution in [2.75, 3.05) is 61.9 Å². The number of hydrogen-bond donors (Lipinski definition) is 4. The number of ketones is 2. The summed E-state index contributed by atoms with van der Waals surface area (Å²) in [5.74, 6) is -10.6. The Morgan fingerprint density at radius 2 is 0.989 bits per heavy atom. The number of likely N-dealkylation sites (N-methyl/N-ethyl adjacent to an activating group) is 6. The fraction of sp³-hybridized carbons (Fsp3) is 0.662. The summed E-state index contributed by atoms with van der Waals surface area (Å²) in [4.78, 5) is 186. The number of Topliss-reactive ketones (excluding diaryl/α,β-unsaturated/α-hetero) is 2. The number of carbonyl (C=O) groups excluding carboxylic acids is 12. The molecule has 0 bridgehead atoms. The van der Waals surface area contributed by atoms with Crippen molar-refractivity contribution in [3.63, 3.8) is 0 Å². The summed E-state index contributed by atoms with van der Waals surface area (Å²) in [7, 11) is 8.56. The van der Waals surface area contributed by atoms with E-state index in [0.717, 1.165) is 11.3 Å². The molecule has 2 aliphatic heterocycles. The zero-order chi connectivity index (χ0) is 70.6. The molecule has 0 saturated carbocycles. The molecule has 2 aliphatic rings. The van der Waals surface area contributed by atoms with Gasteiger partial charge in [-0.3, -0.25) is 57.5 Å². The van der Waals surface area contributed by atoms with Crippen LogP contribution >= 0.6 is 0 Å². The Balaban J connectivity index is 1.91. The maximum Gasteiger partial charge on any atom is 0.248 e. The Kier molecular flexibility index (Phi) is 31.0. The Morgan fingerprint density at radius 1 is 0.521 bits per heavy atom. The summed E-state index contributed by atoms with van der Waals surface area (Å²) in [6, 6.07) is 7.46. The van der Waals surface area contributed by atoms with Gasteiger partial charge in [0.25, 0.3) is 0 Å². The summed E-state index contributed by atoms with van der Waals surface area (Å²) < 4.78 is 0. The maximum absolute atomic E-state index is 15.4. The van der Waals surface area contributed by atoms with Crippen molar-refractivity contribution >= 4 is 70.6 Å². The van der Waals surface area contributed by atoms with Gasteiger partial charge >= 0.3 is 0 Å². The van der Waals surface area contributed by atoms with E-state index in [9.17, 15) is 48.3 Å². The van der Waals surface area contributed by atoms with Gasteiger partial charge < -0.3 is 55.4 Å². The second kappa shape index (κ2) is 36.9. The molecule has 0 spiro atoms. The zero-order valence-electron chi connectivity index (χ0n) is 59.0. The molecule has 0 aliphatic carbocycles. The highest BCUT2D eigenvalue weighted by atomic mass is 16.3. The van der Waals surface area contributed by atoms with Crippen molar-refractivity contribution in [3.05, 3.63) is 71.8 Å². The molecule has 10 amide bonds. The van der Waals surface area contributed by atoms with Gasteiger partial charge in [-0.2, -0.15) is 0 Å². The first-order valence-electron chi connectivity index (χ1n) is 33.7. The molecule has 2 aromatic rings. The largest absolute Gasteiger partial charge is 0.391 e. The van der Waals surface area contributed by atoms with E-state index < -0.39 is 156 Å². The van der Waals surface area contributed by atoms with Gasteiger partial charge in [-0.15, -0.1) is 0 Å². The molecule has 2 heterocycles. The number of rotatable bonds is 14. The highest BCUT2D eigenvalue weighted by Crippen LogP contribution is 2.27. The first-order valence-corrected chi connectivity index (χ1v) is 33.7. The monoisotopic (exact) mass is 1310 g/mol. The molecule has 2 aromatic carbocycles. The quantitative estimate of drug-likeness (QED) is 0.200. The van der Waals surface area contributed by atoms with Crippen molar-refractivity contribution in [1.82, 2.24) is 50.2 Å². The lowest BCUT2D eigenvalue weighted by Crippen LogP contribution is -2.62. The fourth-order valence-corrected chi connectivity index (χ4v) is 12.7. The van der Waals surface area contributed by atoms with E-state index in [1.54, 1.807) is 73.3 Å². The number of piperidine rings is 1. The molecule has 2 saturated heterocycles. The Hall–Kier alpha value is -7.56. The molecule has 94 heavy (non-hydrogen) atoms. The average Bonchev–Trinajstić information content (AvgIpc) is 0.832. The second-order valence-corrected chi connectivity index (χ2v) is 27.8. The predicted octanol–water partition coefficient (Wildman–Crippen LogP) is 4.69. The van der Waals surface area contributed by atoms with E-state index in [2.05, 4.69) is 16.0 Å². The van der Waals surface area contributed by atoms with Crippen molar-refractivity contribution in [2.45, 2.75) is 208 Å². The van der Waals surface area contributed by atoms with Crippen molar-refractivity contribution in [3.8, 4) is 0 Å². The van der Waals surface area contributed by atoms with Crippen LogP contribution < -0.4 is 16.0 Å². The van der Waals surface area contributed by atoms with Crippen LogP contribution in [-0.4, -0.2) is 226 Å². The van der Waals surface area contributed by atoms with Crippen LogP contribution in [0.15, 0.2) is 60.7 Å². The Labute approximate surface area is 558 Å². The maximum atomic E-state index is 15.4. The molecule has 4 N–H and O–H groups in total. The van der Waals surface area contributed by atoms with Crippen LogP contribution in [0.4, 0.5) is 0 Å². The van der Waals surface area contributed by atoms with Gasteiger partial charge in [-0.05, 0) is 87.2 Å². The average molecular weight is 1310 g/mol. The number of benzene rings is 2. The van der Waals surface area contributed by atoms with Gasteiger partial charge in [-0.25, -0.2) is 0 Å². The minimum atomic E-state index is -1.65. The number of hydrogen-bond acceptors (Lipinski definition) is 13. The topological polar surface area (TPSA) is 284 Å². The number of aliphatic hydroxyl groups is 1. The molecule has 4 rings (SSSR count). The van der Waals surface area contributed by atoms with E-state index in [0.29, 0.717) is 43.5 Å². The number of nitrogens with one attached hydrogen (secondary N) is 3. The van der Waals surface area contributed by atoms with Crippen molar-refractivity contribution < 1.29 is 62.6 Å². The molecule has 0 unspecified atom stereocenters. The third kappa shape index (κ3) is 22.3. The van der Waals surface area contributed by atoms with Gasteiger partial charge in [0.15, 0.2) is 0 Å². The van der Waals surface area contributed by atoms with Crippen LogP contribution in [0.25, 0.3) is 0 Å². The number of carbonyl (C=O) groups is 12. The lowest BCUT2D eigenvalue weighted by atomic mass is 9.85. The second-order valence-electron chi connectivity index (χ2n) is 27.8. The highest BCUT2D eigenvalue weighted by molar-refractivity contribution is 6.00. The molecule has 522 valence electrons. The lowest BCUT2D eigenvalue weighted by molar-refractivity contribution is -0.154. The zero-order valence-corrected chi connectivity index (χ0v) is 59.0. The summed E-state index contributed by atoms with van der Waals surface area (Å²) in [6.07, 6.45) is 0.468. The molecule has 23 nitrogen and oxygen atoms in total. The van der Waals surface area contributed by atoms with Crippen LogP contribution in [0, 0.1) is 35.5 Å². The summed E-state index contributed by atoms with van der Waals surface area (Å²) in [5.41, 5.74) is 1.36. The van der Waals surface area contributed by atoms with Gasteiger partial charge in [0.05, 0.1) is 12.6 Å². The highest BCUT2D eigenvalue weighted by Gasteiger charge is 2.44. The minimum Gasteiger partial charge on any atom is -0.391 e. The molecule has 2 fully saturated rings. The lowest BCUT2D eigenvalue weighted by Gasteiger charge is -2.40. The van der Waals surface area contributed by atoms with E-state index in [-0.39, 0.29) is 62.7 Å². The van der Waals surface area contributed by atoms with Crippen LogP contribution in [0.3, 0.4) is 0 Å². The summed E-state index contributed by atoms with van der Waals surface area (Å²) in [6.45, 7) is 19.3. The molecule has 12 atom stereocenters. The number of likely N-dealkylation sites (tertiary alicyclic amines) is 1. The SMILES string of the molecule is CC[C@H](C)[C@H]1C(=O)N[C@@H]([C@@H](C)O)C(=O)N(C)CC(=O)N[C@H](C(=O)N2CCCCC2)CC(=O)C[C@H](C)C(=O)C[C@@H](CC(C)C)C(=O)N(C)[C@@H](CC(C)C)C(=O)N(C)[C@@H](Cc2ccccc2)C(=O)N[C@@H](C)C(=O)N(C)[C@@H](Cc2ccccc2)C(=O)N(C)[C@@H](CC(C)C)C(=O)N1C.